The molecule has 1 aliphatic carbocycles. The molecule has 1 unspecified atom stereocenters. The molecule has 4 rings (SSSR count). The van der Waals surface area contributed by atoms with Gasteiger partial charge in [-0.3, -0.25) is 4.90 Å². The number of hydrogen-bond donors (Lipinski definition) is 0. The van der Waals surface area contributed by atoms with E-state index in [1.807, 2.05) is 0 Å². The molecule has 2 aromatic carbocycles. The summed E-state index contributed by atoms with van der Waals surface area (Å²) in [7, 11) is 0. The van der Waals surface area contributed by atoms with E-state index in [0.717, 1.165) is 6.42 Å². The average molecular weight is 277 g/mol. The molecule has 0 N–H and O–H groups in total. The Labute approximate surface area is 127 Å². The van der Waals surface area contributed by atoms with Crippen molar-refractivity contribution in [3.05, 3.63) is 70.3 Å². The van der Waals surface area contributed by atoms with Crippen LogP contribution in [0.25, 0.3) is 0 Å². The van der Waals surface area contributed by atoms with Crippen molar-refractivity contribution in [1.29, 1.82) is 0 Å². The Kier molecular flexibility index (Phi) is 3.31. The molecular formula is C20H23N. The van der Waals surface area contributed by atoms with Gasteiger partial charge in [0.25, 0.3) is 0 Å². The zero-order valence-electron chi connectivity index (χ0n) is 12.8. The van der Waals surface area contributed by atoms with Crippen molar-refractivity contribution in [2.75, 3.05) is 13.1 Å². The quantitative estimate of drug-likeness (QED) is 0.743. The second-order valence-electron chi connectivity index (χ2n) is 6.52. The van der Waals surface area contributed by atoms with E-state index in [0.29, 0.717) is 6.04 Å². The van der Waals surface area contributed by atoms with Crippen molar-refractivity contribution in [2.45, 2.75) is 38.6 Å². The Hall–Kier alpha value is -1.60. The van der Waals surface area contributed by atoms with Crippen LogP contribution in [0.3, 0.4) is 0 Å². The predicted octanol–water partition coefficient (Wildman–Crippen LogP) is 4.47. The van der Waals surface area contributed by atoms with Gasteiger partial charge < -0.3 is 0 Å². The molecule has 1 nitrogen and oxygen atoms in total. The molecule has 108 valence electrons. The summed E-state index contributed by atoms with van der Waals surface area (Å²) in [5, 5.41) is 0. The molecule has 0 bridgehead atoms. The second-order valence-corrected chi connectivity index (χ2v) is 6.52. The van der Waals surface area contributed by atoms with Crippen molar-refractivity contribution in [2.24, 2.45) is 0 Å². The van der Waals surface area contributed by atoms with Crippen LogP contribution in [0.15, 0.2) is 42.5 Å². The molecule has 1 saturated heterocycles. The predicted molar refractivity (Wildman–Crippen MR) is 87.7 cm³/mol. The highest BCUT2D eigenvalue weighted by molar-refractivity contribution is 5.51. The van der Waals surface area contributed by atoms with Gasteiger partial charge in [-0.1, -0.05) is 48.9 Å². The number of likely N-dealkylation sites (tertiary alicyclic amines) is 1. The minimum Gasteiger partial charge on any atom is -0.292 e. The van der Waals surface area contributed by atoms with Gasteiger partial charge in [-0.2, -0.15) is 0 Å². The lowest BCUT2D eigenvalue weighted by molar-refractivity contribution is 0.184. The average Bonchev–Trinajstić information content (AvgIpc) is 2.54. The second kappa shape index (κ2) is 5.31. The molecular weight excluding hydrogens is 254 g/mol. The van der Waals surface area contributed by atoms with Gasteiger partial charge in [0, 0.05) is 0 Å². The highest BCUT2D eigenvalue weighted by Crippen LogP contribution is 2.41. The first-order valence-electron chi connectivity index (χ1n) is 8.25. The van der Waals surface area contributed by atoms with Crippen LogP contribution in [0.1, 0.15) is 53.1 Å². The molecule has 0 saturated carbocycles. The molecule has 1 atom stereocenters. The molecule has 0 radical (unpaired) electrons. The lowest BCUT2D eigenvalue weighted by Crippen LogP contribution is -2.37. The first-order valence-corrected chi connectivity index (χ1v) is 8.25. The largest absolute Gasteiger partial charge is 0.292 e. The summed E-state index contributed by atoms with van der Waals surface area (Å²) < 4.78 is 0. The SMILES string of the molecule is Cc1cccc2c1C(N1CCCCC1)c1ccccc1C2. The lowest BCUT2D eigenvalue weighted by Gasteiger charge is -2.40. The smallest absolute Gasteiger partial charge is 0.0610 e. The molecule has 2 aliphatic rings. The summed E-state index contributed by atoms with van der Waals surface area (Å²) in [5.41, 5.74) is 7.63. The molecule has 0 spiro atoms. The van der Waals surface area contributed by atoms with E-state index in [9.17, 15) is 0 Å². The highest BCUT2D eigenvalue weighted by atomic mass is 15.2. The monoisotopic (exact) mass is 277 g/mol. The number of hydrogen-bond acceptors (Lipinski definition) is 1. The Balaban J connectivity index is 1.87. The number of piperidine rings is 1. The standard InChI is InChI=1S/C20H23N/c1-15-8-7-10-17-14-16-9-3-4-11-18(16)20(19(15)17)21-12-5-2-6-13-21/h3-4,7-11,20H,2,5-6,12-14H2,1H3. The highest BCUT2D eigenvalue weighted by Gasteiger charge is 2.31. The Morgan fingerprint density at radius 3 is 2.48 bits per heavy atom. The van der Waals surface area contributed by atoms with Gasteiger partial charge in [0.05, 0.1) is 6.04 Å². The third-order valence-electron chi connectivity index (χ3n) is 5.17. The third-order valence-corrected chi connectivity index (χ3v) is 5.17. The Morgan fingerprint density at radius 2 is 1.62 bits per heavy atom. The van der Waals surface area contributed by atoms with E-state index in [-0.39, 0.29) is 0 Å². The molecule has 0 aromatic heterocycles. The zero-order valence-corrected chi connectivity index (χ0v) is 12.8. The van der Waals surface area contributed by atoms with Crippen molar-refractivity contribution in [1.82, 2.24) is 4.90 Å². The minimum absolute atomic E-state index is 0.478. The van der Waals surface area contributed by atoms with Gasteiger partial charge >= 0.3 is 0 Å². The Bertz CT molecular complexity index is 653. The fourth-order valence-electron chi connectivity index (χ4n) is 4.17. The van der Waals surface area contributed by atoms with Crippen molar-refractivity contribution in [3.63, 3.8) is 0 Å². The van der Waals surface area contributed by atoms with Crippen molar-refractivity contribution >= 4 is 0 Å². The first-order chi connectivity index (χ1) is 10.3. The van der Waals surface area contributed by atoms with E-state index in [1.165, 1.54) is 49.0 Å². The van der Waals surface area contributed by atoms with Crippen LogP contribution in [-0.2, 0) is 6.42 Å². The fraction of sp³-hybridized carbons (Fsp3) is 0.400. The van der Waals surface area contributed by atoms with E-state index >= 15 is 0 Å². The number of benzene rings is 2. The maximum Gasteiger partial charge on any atom is 0.0610 e. The summed E-state index contributed by atoms with van der Waals surface area (Å²) in [6, 6.07) is 16.4. The molecule has 0 amide bonds. The van der Waals surface area contributed by atoms with Crippen LogP contribution in [-0.4, -0.2) is 18.0 Å². The number of nitrogens with zero attached hydrogens (tertiary/aromatic N) is 1. The number of rotatable bonds is 1. The normalized spacial score (nSPS) is 21.7. The van der Waals surface area contributed by atoms with Gasteiger partial charge in [-0.15, -0.1) is 0 Å². The van der Waals surface area contributed by atoms with Crippen LogP contribution in [0.4, 0.5) is 0 Å². The van der Waals surface area contributed by atoms with E-state index in [1.54, 1.807) is 11.1 Å². The molecule has 1 heteroatoms. The van der Waals surface area contributed by atoms with E-state index in [4.69, 9.17) is 0 Å². The first kappa shape index (κ1) is 13.1. The lowest BCUT2D eigenvalue weighted by atomic mass is 9.79. The molecule has 2 aromatic rings. The van der Waals surface area contributed by atoms with Gasteiger partial charge in [-0.05, 0) is 67.1 Å². The van der Waals surface area contributed by atoms with Crippen molar-refractivity contribution in [3.8, 4) is 0 Å². The Morgan fingerprint density at radius 1 is 0.857 bits per heavy atom. The topological polar surface area (TPSA) is 3.24 Å². The summed E-state index contributed by atoms with van der Waals surface area (Å²) >= 11 is 0. The molecule has 1 fully saturated rings. The van der Waals surface area contributed by atoms with Gasteiger partial charge in [0.15, 0.2) is 0 Å². The van der Waals surface area contributed by atoms with Gasteiger partial charge in [0.2, 0.25) is 0 Å². The zero-order chi connectivity index (χ0) is 14.2. The van der Waals surface area contributed by atoms with Crippen molar-refractivity contribution < 1.29 is 0 Å². The summed E-state index contributed by atoms with van der Waals surface area (Å²) in [5.74, 6) is 0. The summed E-state index contributed by atoms with van der Waals surface area (Å²) in [4.78, 5) is 2.72. The minimum atomic E-state index is 0.478. The maximum atomic E-state index is 2.72. The van der Waals surface area contributed by atoms with Crippen LogP contribution in [0.2, 0.25) is 0 Å². The maximum absolute atomic E-state index is 2.72. The molecule has 21 heavy (non-hydrogen) atoms. The van der Waals surface area contributed by atoms with Gasteiger partial charge in [0.1, 0.15) is 0 Å². The summed E-state index contributed by atoms with van der Waals surface area (Å²) in [6.45, 7) is 4.77. The van der Waals surface area contributed by atoms with Crippen LogP contribution < -0.4 is 0 Å². The van der Waals surface area contributed by atoms with Crippen LogP contribution >= 0.6 is 0 Å². The summed E-state index contributed by atoms with van der Waals surface area (Å²) in [6.07, 6.45) is 5.18. The number of aryl methyl sites for hydroxylation is 1. The fourth-order valence-corrected chi connectivity index (χ4v) is 4.17. The molecule has 1 heterocycles. The number of fused-ring (bicyclic) bond motifs is 2. The van der Waals surface area contributed by atoms with E-state index < -0.39 is 0 Å². The van der Waals surface area contributed by atoms with E-state index in [2.05, 4.69) is 54.3 Å². The van der Waals surface area contributed by atoms with Crippen LogP contribution in [0.5, 0.6) is 0 Å². The third kappa shape index (κ3) is 2.20. The van der Waals surface area contributed by atoms with Crippen LogP contribution in [0, 0.1) is 6.92 Å². The molecule has 1 aliphatic heterocycles. The van der Waals surface area contributed by atoms with Gasteiger partial charge in [-0.25, -0.2) is 0 Å².